The number of Topliss-reactive ketones (excluding diaryl/α,β-unsaturated/α-hetero) is 2. The number of hydrogen-bond donors (Lipinski definition) is 5. The number of fused-ring (bicyclic) bond motifs is 3. The standard InChI is InChI=1S/C25H24N2O7/c1-10-2-4-15(27-9-10)13-3-5-16(28)19-14(13)7-11-6-12-8-17(29)20(24(26)33)23(32)25(12,34)22(31)18(11)21(19)30/h2-5,9,11-12,17,20,28-30,34H,6-8H2,1H3,(H2,26,33)/t11-,12+,17?,20?,25+/m1/s1. The Morgan fingerprint density at radius 2 is 1.88 bits per heavy atom. The molecule has 0 bridgehead atoms. The fraction of sp³-hybridized carbons (Fsp3) is 0.360. The molecule has 5 rings (SSSR count). The zero-order chi connectivity index (χ0) is 24.5. The highest BCUT2D eigenvalue weighted by Gasteiger charge is 2.63. The molecular weight excluding hydrogens is 440 g/mol. The minimum Gasteiger partial charge on any atom is -0.507 e. The van der Waals surface area contributed by atoms with Gasteiger partial charge in [0.2, 0.25) is 11.7 Å². The first kappa shape index (κ1) is 22.2. The number of hydrogen-bond acceptors (Lipinski definition) is 8. The largest absolute Gasteiger partial charge is 0.507 e. The molecule has 1 amide bonds. The first-order valence-corrected chi connectivity index (χ1v) is 11.1. The molecular formula is C25H24N2O7. The van der Waals surface area contributed by atoms with Crippen LogP contribution in [-0.2, 0) is 20.8 Å². The molecule has 176 valence electrons. The van der Waals surface area contributed by atoms with Gasteiger partial charge in [-0.25, -0.2) is 0 Å². The lowest BCUT2D eigenvalue weighted by atomic mass is 9.56. The second-order valence-electron chi connectivity index (χ2n) is 9.45. The van der Waals surface area contributed by atoms with E-state index < -0.39 is 52.7 Å². The molecule has 9 heteroatoms. The van der Waals surface area contributed by atoms with Gasteiger partial charge in [-0.15, -0.1) is 0 Å². The Hall–Kier alpha value is -3.56. The minimum absolute atomic E-state index is 0.0521. The van der Waals surface area contributed by atoms with Crippen LogP contribution in [0.3, 0.4) is 0 Å². The molecule has 0 spiro atoms. The fourth-order valence-electron chi connectivity index (χ4n) is 5.79. The molecule has 2 saturated carbocycles. The van der Waals surface area contributed by atoms with Crippen molar-refractivity contribution in [3.8, 4) is 17.0 Å². The number of carbonyl (C=O) groups excluding carboxylic acids is 3. The van der Waals surface area contributed by atoms with Gasteiger partial charge < -0.3 is 26.2 Å². The molecule has 34 heavy (non-hydrogen) atoms. The number of carbonyl (C=O) groups is 3. The van der Waals surface area contributed by atoms with Gasteiger partial charge in [-0.3, -0.25) is 19.4 Å². The second-order valence-corrected chi connectivity index (χ2v) is 9.45. The zero-order valence-electron chi connectivity index (χ0n) is 18.4. The topological polar surface area (TPSA) is 171 Å². The number of aliphatic hydroxyl groups is 3. The Bertz CT molecular complexity index is 1280. The number of ketones is 2. The van der Waals surface area contributed by atoms with Crippen molar-refractivity contribution in [3.05, 3.63) is 52.7 Å². The molecule has 1 aromatic heterocycles. The van der Waals surface area contributed by atoms with Crippen LogP contribution < -0.4 is 5.73 Å². The monoisotopic (exact) mass is 464 g/mol. The van der Waals surface area contributed by atoms with Crippen molar-refractivity contribution in [2.24, 2.45) is 23.5 Å². The molecule has 0 radical (unpaired) electrons. The predicted molar refractivity (Wildman–Crippen MR) is 119 cm³/mol. The van der Waals surface area contributed by atoms with E-state index in [1.54, 1.807) is 12.3 Å². The molecule has 1 heterocycles. The molecule has 5 atom stereocenters. The normalized spacial score (nSPS) is 30.4. The van der Waals surface area contributed by atoms with Crippen LogP contribution in [0.4, 0.5) is 0 Å². The summed E-state index contributed by atoms with van der Waals surface area (Å²) < 4.78 is 0. The van der Waals surface area contributed by atoms with Gasteiger partial charge >= 0.3 is 0 Å². The lowest BCUT2D eigenvalue weighted by molar-refractivity contribution is -0.174. The van der Waals surface area contributed by atoms with E-state index in [-0.39, 0.29) is 36.1 Å². The van der Waals surface area contributed by atoms with Crippen molar-refractivity contribution in [3.63, 3.8) is 0 Å². The van der Waals surface area contributed by atoms with Gasteiger partial charge in [0, 0.05) is 23.3 Å². The van der Waals surface area contributed by atoms with Gasteiger partial charge in [0.1, 0.15) is 17.4 Å². The van der Waals surface area contributed by atoms with Gasteiger partial charge in [-0.2, -0.15) is 0 Å². The first-order valence-electron chi connectivity index (χ1n) is 11.1. The van der Waals surface area contributed by atoms with Gasteiger partial charge in [-0.1, -0.05) is 6.07 Å². The zero-order valence-corrected chi connectivity index (χ0v) is 18.4. The Balaban J connectivity index is 1.66. The molecule has 2 aromatic rings. The van der Waals surface area contributed by atoms with Gasteiger partial charge in [0.25, 0.3) is 0 Å². The molecule has 1 aromatic carbocycles. The quantitative estimate of drug-likeness (QED) is 0.409. The maximum atomic E-state index is 13.5. The number of benzene rings is 1. The number of rotatable bonds is 2. The lowest BCUT2D eigenvalue weighted by Crippen LogP contribution is -2.66. The van der Waals surface area contributed by atoms with Gasteiger partial charge in [-0.05, 0) is 61.4 Å². The summed E-state index contributed by atoms with van der Waals surface area (Å²) in [6.07, 6.45) is 0.495. The number of primary amides is 1. The number of aromatic nitrogens is 1. The maximum Gasteiger partial charge on any atom is 0.230 e. The number of phenolic OH excluding ortho intramolecular Hbond substituents is 1. The van der Waals surface area contributed by atoms with Gasteiger partial charge in [0.15, 0.2) is 11.4 Å². The van der Waals surface area contributed by atoms with Crippen molar-refractivity contribution in [1.29, 1.82) is 0 Å². The number of pyridine rings is 1. The minimum atomic E-state index is -2.58. The van der Waals surface area contributed by atoms with Crippen LogP contribution in [0.1, 0.15) is 29.5 Å². The number of nitrogens with zero attached hydrogens (tertiary/aromatic N) is 1. The third kappa shape index (κ3) is 2.93. The summed E-state index contributed by atoms with van der Waals surface area (Å²) in [6, 6.07) is 6.79. The summed E-state index contributed by atoms with van der Waals surface area (Å²) in [4.78, 5) is 42.7. The van der Waals surface area contributed by atoms with Crippen LogP contribution in [0.2, 0.25) is 0 Å². The summed E-state index contributed by atoms with van der Waals surface area (Å²) in [6.45, 7) is 1.90. The van der Waals surface area contributed by atoms with Crippen LogP contribution in [-0.4, -0.2) is 54.6 Å². The lowest BCUT2D eigenvalue weighted by Gasteiger charge is -2.48. The molecule has 0 aliphatic heterocycles. The first-order chi connectivity index (χ1) is 16.1. The van der Waals surface area contributed by atoms with Crippen LogP contribution in [0.5, 0.6) is 5.75 Å². The highest BCUT2D eigenvalue weighted by Crippen LogP contribution is 2.52. The summed E-state index contributed by atoms with van der Waals surface area (Å²) >= 11 is 0. The van der Waals surface area contributed by atoms with E-state index in [0.717, 1.165) is 5.56 Å². The average molecular weight is 464 g/mol. The number of aryl methyl sites for hydroxylation is 1. The van der Waals surface area contributed by atoms with Crippen molar-refractivity contribution >= 4 is 23.2 Å². The molecule has 6 N–H and O–H groups in total. The van der Waals surface area contributed by atoms with Crippen molar-refractivity contribution in [2.45, 2.75) is 37.9 Å². The Morgan fingerprint density at radius 1 is 1.15 bits per heavy atom. The fourth-order valence-corrected chi connectivity index (χ4v) is 5.79. The van der Waals surface area contributed by atoms with Crippen LogP contribution in [0.25, 0.3) is 17.0 Å². The molecule has 3 aliphatic carbocycles. The Kier molecular flexibility index (Phi) is 4.89. The average Bonchev–Trinajstić information content (AvgIpc) is 2.77. The van der Waals surface area contributed by atoms with Crippen molar-refractivity contribution in [2.75, 3.05) is 0 Å². The molecule has 0 saturated heterocycles. The maximum absolute atomic E-state index is 13.5. The molecule has 2 unspecified atom stereocenters. The highest BCUT2D eigenvalue weighted by molar-refractivity contribution is 6.24. The summed E-state index contributed by atoms with van der Waals surface area (Å²) in [5, 5.41) is 43.3. The summed E-state index contributed by atoms with van der Waals surface area (Å²) in [5.74, 6) is -7.28. The summed E-state index contributed by atoms with van der Waals surface area (Å²) in [5.41, 5.74) is 5.43. The number of phenols is 1. The third-order valence-corrected chi connectivity index (χ3v) is 7.46. The van der Waals surface area contributed by atoms with Crippen LogP contribution >= 0.6 is 0 Å². The molecule has 3 aliphatic rings. The number of amides is 1. The van der Waals surface area contributed by atoms with Crippen LogP contribution in [0.15, 0.2) is 36.0 Å². The second kappa shape index (κ2) is 7.48. The van der Waals surface area contributed by atoms with Crippen LogP contribution in [0, 0.1) is 24.7 Å². The molecule has 9 nitrogen and oxygen atoms in total. The van der Waals surface area contributed by atoms with E-state index in [9.17, 15) is 34.8 Å². The van der Waals surface area contributed by atoms with E-state index in [4.69, 9.17) is 5.73 Å². The van der Waals surface area contributed by atoms with E-state index in [1.165, 1.54) is 6.07 Å². The van der Waals surface area contributed by atoms with Gasteiger partial charge in [0.05, 0.1) is 17.4 Å². The number of aromatic hydroxyl groups is 1. The molecule has 2 fully saturated rings. The number of aliphatic hydroxyl groups excluding tert-OH is 2. The van der Waals surface area contributed by atoms with E-state index >= 15 is 0 Å². The third-order valence-electron chi connectivity index (χ3n) is 7.46. The van der Waals surface area contributed by atoms with Crippen molar-refractivity contribution in [1.82, 2.24) is 4.98 Å². The van der Waals surface area contributed by atoms with Crippen molar-refractivity contribution < 1.29 is 34.8 Å². The Labute approximate surface area is 194 Å². The van der Waals surface area contributed by atoms with E-state index in [0.29, 0.717) is 16.8 Å². The Morgan fingerprint density at radius 3 is 2.53 bits per heavy atom. The summed E-state index contributed by atoms with van der Waals surface area (Å²) in [7, 11) is 0. The smallest absolute Gasteiger partial charge is 0.230 e. The van der Waals surface area contributed by atoms with E-state index in [2.05, 4.69) is 4.98 Å². The highest BCUT2D eigenvalue weighted by atomic mass is 16.3. The van der Waals surface area contributed by atoms with E-state index in [1.807, 2.05) is 19.1 Å². The SMILES string of the molecule is Cc1ccc(-c2ccc(O)c3c2C[C@H]2C[C@H]4CC(O)C(C(N)=O)C(=O)[C@@]4(O)C(=O)C2=C3O)nc1. The number of nitrogens with two attached hydrogens (primary N) is 1. The predicted octanol–water partition coefficient (Wildman–Crippen LogP) is 0.959.